The lowest BCUT2D eigenvalue weighted by atomic mass is 9.97. The van der Waals surface area contributed by atoms with Gasteiger partial charge in [-0.15, -0.1) is 0 Å². The summed E-state index contributed by atoms with van der Waals surface area (Å²) < 4.78 is 0. The fourth-order valence-corrected chi connectivity index (χ4v) is 2.60. The molecule has 0 aliphatic carbocycles. The summed E-state index contributed by atoms with van der Waals surface area (Å²) >= 11 is 0. The Labute approximate surface area is 144 Å². The van der Waals surface area contributed by atoms with Gasteiger partial charge in [0.15, 0.2) is 5.78 Å². The van der Waals surface area contributed by atoms with Crippen molar-refractivity contribution in [1.82, 2.24) is 5.32 Å². The molecule has 132 valence electrons. The summed E-state index contributed by atoms with van der Waals surface area (Å²) in [7, 11) is 0. The highest BCUT2D eigenvalue weighted by atomic mass is 16.2. The van der Waals surface area contributed by atoms with Gasteiger partial charge in [-0.2, -0.15) is 0 Å². The first-order valence-electron chi connectivity index (χ1n) is 8.63. The second-order valence-electron chi connectivity index (χ2n) is 6.13. The van der Waals surface area contributed by atoms with E-state index in [0.29, 0.717) is 12.0 Å². The minimum Gasteiger partial charge on any atom is -0.370 e. The van der Waals surface area contributed by atoms with E-state index in [1.54, 1.807) is 12.1 Å². The minimum absolute atomic E-state index is 0.186. The molecule has 3 N–H and O–H groups in total. The smallest absolute Gasteiger partial charge is 0.220 e. The number of aryl methyl sites for hydroxylation is 1. The number of primary amides is 1. The summed E-state index contributed by atoms with van der Waals surface area (Å²) in [6, 6.07) is 6.22. The first-order valence-corrected chi connectivity index (χ1v) is 8.63. The van der Waals surface area contributed by atoms with E-state index >= 15 is 0 Å². The molecule has 0 aromatic heterocycles. The van der Waals surface area contributed by atoms with Crippen LogP contribution < -0.4 is 11.1 Å². The van der Waals surface area contributed by atoms with Crippen LogP contribution in [-0.4, -0.2) is 23.6 Å². The van der Waals surface area contributed by atoms with Crippen LogP contribution in [-0.2, 0) is 9.59 Å². The van der Waals surface area contributed by atoms with Gasteiger partial charge in [-0.1, -0.05) is 56.9 Å². The lowest BCUT2D eigenvalue weighted by Crippen LogP contribution is -2.43. The Morgan fingerprint density at radius 1 is 1.08 bits per heavy atom. The number of rotatable bonds is 11. The predicted molar refractivity (Wildman–Crippen MR) is 94.6 cm³/mol. The van der Waals surface area contributed by atoms with E-state index < -0.39 is 11.9 Å². The van der Waals surface area contributed by atoms with E-state index in [1.165, 1.54) is 0 Å². The molecule has 5 heteroatoms. The van der Waals surface area contributed by atoms with Crippen LogP contribution in [0.5, 0.6) is 0 Å². The van der Waals surface area contributed by atoms with Crippen LogP contribution in [0.1, 0.15) is 67.8 Å². The highest BCUT2D eigenvalue weighted by Crippen LogP contribution is 2.12. The number of ketones is 1. The zero-order valence-electron chi connectivity index (χ0n) is 14.6. The van der Waals surface area contributed by atoms with Crippen molar-refractivity contribution in [3.8, 4) is 0 Å². The van der Waals surface area contributed by atoms with Crippen LogP contribution in [0.4, 0.5) is 0 Å². The second kappa shape index (κ2) is 10.6. The molecule has 0 radical (unpaired) electrons. The zero-order chi connectivity index (χ0) is 17.9. The number of carbonyl (C=O) groups excluding carboxylic acids is 3. The molecular weight excluding hydrogens is 304 g/mol. The summed E-state index contributed by atoms with van der Waals surface area (Å²) in [6.07, 6.45) is 5.38. The average molecular weight is 332 g/mol. The lowest BCUT2D eigenvalue weighted by molar-refractivity contribution is -0.122. The van der Waals surface area contributed by atoms with E-state index in [9.17, 15) is 14.4 Å². The normalized spacial score (nSPS) is 11.8. The third-order valence-corrected chi connectivity index (χ3v) is 3.97. The van der Waals surface area contributed by atoms with Gasteiger partial charge in [-0.05, 0) is 18.9 Å². The molecular formula is C19H28N2O3. The van der Waals surface area contributed by atoms with Crippen LogP contribution in [0.25, 0.3) is 0 Å². The van der Waals surface area contributed by atoms with Crippen LogP contribution in [0, 0.1) is 6.92 Å². The molecule has 2 amide bonds. The minimum atomic E-state index is -0.897. The standard InChI is InChI=1S/C19H28N2O3/c1-3-4-5-6-7-12-18(23)21-16(13-17(20)22)19(24)15-11-9-8-10-14(15)2/h8-11,16H,3-7,12-13H2,1-2H3,(H2,20,22)(H,21,23)/t16-/m1/s1. The Kier molecular flexibility index (Phi) is 8.76. The molecule has 5 nitrogen and oxygen atoms in total. The largest absolute Gasteiger partial charge is 0.370 e. The Morgan fingerprint density at radius 3 is 2.38 bits per heavy atom. The summed E-state index contributed by atoms with van der Waals surface area (Å²) in [6.45, 7) is 3.96. The Bertz CT molecular complexity index is 569. The van der Waals surface area contributed by atoms with Gasteiger partial charge in [0.25, 0.3) is 0 Å². The number of unbranched alkanes of at least 4 members (excludes halogenated alkanes) is 4. The predicted octanol–water partition coefficient (Wildman–Crippen LogP) is 2.90. The SMILES string of the molecule is CCCCCCCC(=O)N[C@H](CC(N)=O)C(=O)c1ccccc1C. The molecule has 0 bridgehead atoms. The van der Waals surface area contributed by atoms with Gasteiger partial charge in [0.05, 0.1) is 6.42 Å². The molecule has 1 aromatic rings. The van der Waals surface area contributed by atoms with Crippen molar-refractivity contribution in [3.05, 3.63) is 35.4 Å². The third-order valence-electron chi connectivity index (χ3n) is 3.97. The molecule has 0 aliphatic heterocycles. The van der Waals surface area contributed by atoms with Crippen molar-refractivity contribution in [1.29, 1.82) is 0 Å². The van der Waals surface area contributed by atoms with Crippen LogP contribution in [0.3, 0.4) is 0 Å². The van der Waals surface area contributed by atoms with Gasteiger partial charge in [0.2, 0.25) is 11.8 Å². The fourth-order valence-electron chi connectivity index (χ4n) is 2.60. The van der Waals surface area contributed by atoms with Crippen LogP contribution in [0.2, 0.25) is 0 Å². The molecule has 0 saturated heterocycles. The number of nitrogens with two attached hydrogens (primary N) is 1. The summed E-state index contributed by atoms with van der Waals surface area (Å²) in [5.74, 6) is -1.09. The molecule has 1 rings (SSSR count). The number of Topliss-reactive ketones (excluding diaryl/α,β-unsaturated/α-hetero) is 1. The summed E-state index contributed by atoms with van der Waals surface area (Å²) in [4.78, 5) is 36.0. The monoisotopic (exact) mass is 332 g/mol. The number of amides is 2. The zero-order valence-corrected chi connectivity index (χ0v) is 14.6. The highest BCUT2D eigenvalue weighted by Gasteiger charge is 2.24. The Balaban J connectivity index is 2.65. The molecule has 0 saturated carbocycles. The molecule has 0 unspecified atom stereocenters. The molecule has 1 atom stereocenters. The number of hydrogen-bond donors (Lipinski definition) is 2. The summed E-state index contributed by atoms with van der Waals surface area (Å²) in [5.41, 5.74) is 6.55. The molecule has 24 heavy (non-hydrogen) atoms. The van der Waals surface area contributed by atoms with E-state index in [1.807, 2.05) is 19.1 Å². The average Bonchev–Trinajstić information content (AvgIpc) is 2.53. The Hall–Kier alpha value is -2.17. The molecule has 0 spiro atoms. The van der Waals surface area contributed by atoms with Crippen LogP contribution in [0.15, 0.2) is 24.3 Å². The summed E-state index contributed by atoms with van der Waals surface area (Å²) in [5, 5.41) is 2.68. The number of benzene rings is 1. The van der Waals surface area contributed by atoms with Crippen molar-refractivity contribution in [3.63, 3.8) is 0 Å². The molecule has 0 aliphatic rings. The maximum absolute atomic E-state index is 12.6. The fraction of sp³-hybridized carbons (Fsp3) is 0.526. The quantitative estimate of drug-likeness (QED) is 0.482. The lowest BCUT2D eigenvalue weighted by Gasteiger charge is -2.17. The topological polar surface area (TPSA) is 89.3 Å². The maximum Gasteiger partial charge on any atom is 0.220 e. The first-order chi connectivity index (χ1) is 11.5. The van der Waals surface area contributed by atoms with Crippen molar-refractivity contribution in [2.75, 3.05) is 0 Å². The van der Waals surface area contributed by atoms with E-state index in [2.05, 4.69) is 12.2 Å². The number of hydrogen-bond acceptors (Lipinski definition) is 3. The van der Waals surface area contributed by atoms with E-state index in [-0.39, 0.29) is 18.1 Å². The first kappa shape index (κ1) is 19.9. The number of carbonyl (C=O) groups is 3. The van der Waals surface area contributed by atoms with Gasteiger partial charge >= 0.3 is 0 Å². The van der Waals surface area contributed by atoms with Gasteiger partial charge in [0.1, 0.15) is 6.04 Å². The third kappa shape index (κ3) is 6.94. The van der Waals surface area contributed by atoms with E-state index in [4.69, 9.17) is 5.73 Å². The molecule has 0 heterocycles. The van der Waals surface area contributed by atoms with Crippen molar-refractivity contribution in [2.45, 2.75) is 64.8 Å². The van der Waals surface area contributed by atoms with Gasteiger partial charge in [-0.25, -0.2) is 0 Å². The maximum atomic E-state index is 12.6. The highest BCUT2D eigenvalue weighted by molar-refractivity contribution is 6.04. The Morgan fingerprint density at radius 2 is 1.75 bits per heavy atom. The van der Waals surface area contributed by atoms with Gasteiger partial charge < -0.3 is 11.1 Å². The van der Waals surface area contributed by atoms with Crippen molar-refractivity contribution >= 4 is 17.6 Å². The van der Waals surface area contributed by atoms with Crippen molar-refractivity contribution < 1.29 is 14.4 Å². The van der Waals surface area contributed by atoms with E-state index in [0.717, 1.165) is 37.7 Å². The van der Waals surface area contributed by atoms with Crippen LogP contribution >= 0.6 is 0 Å². The van der Waals surface area contributed by atoms with Crippen molar-refractivity contribution in [2.24, 2.45) is 5.73 Å². The molecule has 1 aromatic carbocycles. The molecule has 0 fully saturated rings. The second-order valence-corrected chi connectivity index (χ2v) is 6.13. The van der Waals surface area contributed by atoms with Gasteiger partial charge in [0, 0.05) is 12.0 Å². The van der Waals surface area contributed by atoms with Gasteiger partial charge in [-0.3, -0.25) is 14.4 Å². The number of nitrogens with one attached hydrogen (secondary N) is 1.